The first kappa shape index (κ1) is 28.2. The van der Waals surface area contributed by atoms with E-state index in [4.69, 9.17) is 24.6 Å². The van der Waals surface area contributed by atoms with Crippen LogP contribution in [-0.4, -0.2) is 65.3 Å². The third kappa shape index (κ3) is 8.61. The van der Waals surface area contributed by atoms with Crippen LogP contribution >= 0.6 is 11.8 Å². The molecule has 0 radical (unpaired) electrons. The second-order valence-electron chi connectivity index (χ2n) is 9.02. The Morgan fingerprint density at radius 1 is 0.973 bits per heavy atom. The zero-order chi connectivity index (χ0) is 26.6. The molecule has 0 atom stereocenters. The Morgan fingerprint density at radius 2 is 1.62 bits per heavy atom. The lowest BCUT2D eigenvalue weighted by Gasteiger charge is -2.29. The monoisotopic (exact) mass is 522 g/mol. The van der Waals surface area contributed by atoms with Gasteiger partial charge in [0.1, 0.15) is 12.3 Å². The van der Waals surface area contributed by atoms with Gasteiger partial charge in [0.25, 0.3) is 0 Å². The van der Waals surface area contributed by atoms with Crippen molar-refractivity contribution < 1.29 is 24.6 Å². The topological polar surface area (TPSA) is 99.4 Å². The number of oxime groups is 1. The van der Waals surface area contributed by atoms with Gasteiger partial charge in [0.15, 0.2) is 0 Å². The summed E-state index contributed by atoms with van der Waals surface area (Å²) < 4.78 is 0. The fraction of sp³-hybridized carbons (Fsp3) is 0.345. The summed E-state index contributed by atoms with van der Waals surface area (Å²) in [6.45, 7) is 6.52. The summed E-state index contributed by atoms with van der Waals surface area (Å²) in [6.07, 6.45) is 5.74. The molecule has 0 bridgehead atoms. The molecule has 4 rings (SSSR count). The van der Waals surface area contributed by atoms with Crippen molar-refractivity contribution in [3.63, 3.8) is 0 Å². The molecular weight excluding hydrogens is 488 g/mol. The van der Waals surface area contributed by atoms with Gasteiger partial charge in [-0.2, -0.15) is 0 Å². The van der Waals surface area contributed by atoms with Crippen molar-refractivity contribution in [2.24, 2.45) is 11.1 Å². The average Bonchev–Trinajstić information content (AvgIpc) is 2.92. The second-order valence-corrected chi connectivity index (χ2v) is 9.90. The molecule has 0 spiro atoms. The molecule has 3 aromatic carbocycles. The van der Waals surface area contributed by atoms with E-state index in [2.05, 4.69) is 90.0 Å². The van der Waals surface area contributed by atoms with Crippen molar-refractivity contribution in [3.05, 3.63) is 77.9 Å². The summed E-state index contributed by atoms with van der Waals surface area (Å²) in [5, 5.41) is 21.9. The maximum Gasteiger partial charge on any atom is 0.414 e. The predicted molar refractivity (Wildman–Crippen MR) is 148 cm³/mol. The Bertz CT molecular complexity index is 1190. The lowest BCUT2D eigenvalue weighted by atomic mass is 9.97. The van der Waals surface area contributed by atoms with Gasteiger partial charge in [-0.15, -0.1) is 11.8 Å². The summed E-state index contributed by atoms with van der Waals surface area (Å²) in [5.41, 5.74) is 3.09. The van der Waals surface area contributed by atoms with Crippen LogP contribution in [0.2, 0.25) is 0 Å². The van der Waals surface area contributed by atoms with Gasteiger partial charge in [0, 0.05) is 22.6 Å². The first-order valence-electron chi connectivity index (χ1n) is 12.4. The second kappa shape index (κ2) is 14.4. The summed E-state index contributed by atoms with van der Waals surface area (Å²) in [7, 11) is 0. The van der Waals surface area contributed by atoms with Crippen LogP contribution in [0.1, 0.15) is 37.3 Å². The number of carbonyl (C=O) groups is 2. The molecule has 3 aromatic rings. The molecule has 2 N–H and O–H groups in total. The molecule has 1 aliphatic rings. The van der Waals surface area contributed by atoms with Crippen molar-refractivity contribution in [2.75, 3.05) is 32.5 Å². The number of likely N-dealkylation sites (tertiary alicyclic amines) is 1. The van der Waals surface area contributed by atoms with Gasteiger partial charge in [0.05, 0.1) is 0 Å². The highest BCUT2D eigenvalue weighted by Crippen LogP contribution is 2.24. The zero-order valence-electron chi connectivity index (χ0n) is 21.3. The molecule has 1 saturated heterocycles. The Labute approximate surface area is 222 Å². The van der Waals surface area contributed by atoms with E-state index in [1.807, 2.05) is 0 Å². The number of hydrogen-bond acceptors (Lipinski definition) is 6. The smallest absolute Gasteiger partial charge is 0.414 e. The first-order chi connectivity index (χ1) is 17.9. The van der Waals surface area contributed by atoms with Crippen LogP contribution in [0.15, 0.2) is 76.8 Å². The molecule has 1 heterocycles. The molecule has 196 valence electrons. The lowest BCUT2D eigenvalue weighted by molar-refractivity contribution is -0.159. The molecule has 37 heavy (non-hydrogen) atoms. The van der Waals surface area contributed by atoms with E-state index in [0.717, 1.165) is 35.7 Å². The van der Waals surface area contributed by atoms with E-state index in [1.54, 1.807) is 11.8 Å². The summed E-state index contributed by atoms with van der Waals surface area (Å²) in [5.74, 6) is -2.78. The number of piperidine rings is 1. The average molecular weight is 523 g/mol. The van der Waals surface area contributed by atoms with E-state index in [0.29, 0.717) is 6.61 Å². The number of nitrogens with zero attached hydrogens (tertiary/aromatic N) is 2. The van der Waals surface area contributed by atoms with Gasteiger partial charge in [-0.3, -0.25) is 0 Å². The maximum atomic E-state index is 9.10. The number of carboxylic acid groups (broad SMARTS) is 2. The van der Waals surface area contributed by atoms with Gasteiger partial charge < -0.3 is 20.0 Å². The molecule has 0 unspecified atom stereocenters. The molecule has 7 nitrogen and oxygen atoms in total. The Kier molecular flexibility index (Phi) is 11.0. The van der Waals surface area contributed by atoms with Crippen molar-refractivity contribution in [1.29, 1.82) is 0 Å². The van der Waals surface area contributed by atoms with Crippen molar-refractivity contribution >= 4 is 40.2 Å². The lowest BCUT2D eigenvalue weighted by Crippen LogP contribution is -2.33. The quantitative estimate of drug-likeness (QED) is 0.130. The highest BCUT2D eigenvalue weighted by atomic mass is 32.2. The van der Waals surface area contributed by atoms with E-state index in [-0.39, 0.29) is 0 Å². The number of carboxylic acids is 2. The number of rotatable bonds is 8. The first-order valence-corrected chi connectivity index (χ1v) is 13.6. The van der Waals surface area contributed by atoms with Crippen LogP contribution in [0.25, 0.3) is 10.8 Å². The number of benzene rings is 3. The Hall–Kier alpha value is -3.36. The van der Waals surface area contributed by atoms with Crippen molar-refractivity contribution in [3.8, 4) is 0 Å². The van der Waals surface area contributed by atoms with E-state index in [1.165, 1.54) is 41.6 Å². The van der Waals surface area contributed by atoms with Gasteiger partial charge in [0.2, 0.25) is 0 Å². The molecule has 0 aromatic heterocycles. The molecule has 0 saturated carbocycles. The normalized spacial score (nSPS) is 14.6. The standard InChI is InChI=1S/C27H32N2OS.C2H2O4/c1-21-15-18-29(19-16-21)17-6-20-30-28-27(23-11-13-24(31-2)14-12-23)26-10-5-8-22-7-3-4-9-25(22)26;3-1(4)2(5)6/h3-5,7-14,21H,6,15-20H2,1-2H3;(H,3,4)(H,5,6). The van der Waals surface area contributed by atoms with Crippen molar-refractivity contribution in [2.45, 2.75) is 31.1 Å². The predicted octanol–water partition coefficient (Wildman–Crippen LogP) is 5.61. The molecule has 8 heteroatoms. The number of thioether (sulfide) groups is 1. The minimum Gasteiger partial charge on any atom is -0.473 e. The van der Waals surface area contributed by atoms with Crippen LogP contribution in [0.4, 0.5) is 0 Å². The SMILES string of the molecule is CSc1ccc(C(=NOCCCN2CCC(C)CC2)c2cccc3ccccc23)cc1.O=C(O)C(=O)O. The van der Waals surface area contributed by atoms with Crippen LogP contribution in [0.3, 0.4) is 0 Å². The number of fused-ring (bicyclic) bond motifs is 1. The number of hydrogen-bond donors (Lipinski definition) is 2. The third-order valence-corrected chi connectivity index (χ3v) is 7.08. The van der Waals surface area contributed by atoms with Crippen LogP contribution < -0.4 is 0 Å². The van der Waals surface area contributed by atoms with Gasteiger partial charge in [-0.05, 0) is 67.4 Å². The zero-order valence-corrected chi connectivity index (χ0v) is 22.1. The van der Waals surface area contributed by atoms with Gasteiger partial charge in [-0.1, -0.05) is 66.7 Å². The molecule has 1 aliphatic heterocycles. The Morgan fingerprint density at radius 3 is 2.27 bits per heavy atom. The van der Waals surface area contributed by atoms with Crippen molar-refractivity contribution in [1.82, 2.24) is 4.90 Å². The summed E-state index contributed by atoms with van der Waals surface area (Å²) >= 11 is 1.75. The maximum absolute atomic E-state index is 9.10. The van der Waals surface area contributed by atoms with Crippen LogP contribution in [0.5, 0.6) is 0 Å². The van der Waals surface area contributed by atoms with E-state index < -0.39 is 11.9 Å². The fourth-order valence-corrected chi connectivity index (χ4v) is 4.59. The molecule has 1 fully saturated rings. The minimum atomic E-state index is -1.82. The molecular formula is C29H34N2O5S. The highest BCUT2D eigenvalue weighted by Gasteiger charge is 2.15. The largest absolute Gasteiger partial charge is 0.473 e. The van der Waals surface area contributed by atoms with E-state index in [9.17, 15) is 0 Å². The Balaban J connectivity index is 0.000000568. The fourth-order valence-electron chi connectivity index (χ4n) is 4.19. The summed E-state index contributed by atoms with van der Waals surface area (Å²) in [4.78, 5) is 27.9. The van der Waals surface area contributed by atoms with Gasteiger partial charge in [-0.25, -0.2) is 9.59 Å². The third-order valence-electron chi connectivity index (χ3n) is 6.33. The molecule has 0 amide bonds. The van der Waals surface area contributed by atoms with Crippen LogP contribution in [0, 0.1) is 5.92 Å². The highest BCUT2D eigenvalue weighted by molar-refractivity contribution is 7.98. The summed E-state index contributed by atoms with van der Waals surface area (Å²) in [6, 6.07) is 23.4. The molecule has 0 aliphatic carbocycles. The number of aliphatic carboxylic acids is 2. The van der Waals surface area contributed by atoms with Crippen LogP contribution in [-0.2, 0) is 14.4 Å². The van der Waals surface area contributed by atoms with E-state index >= 15 is 0 Å². The minimum absolute atomic E-state index is 0.642. The van der Waals surface area contributed by atoms with Gasteiger partial charge >= 0.3 is 11.9 Å².